The van der Waals surface area contributed by atoms with Gasteiger partial charge in [-0.15, -0.1) is 0 Å². The molecule has 1 aromatic rings. The summed E-state index contributed by atoms with van der Waals surface area (Å²) in [6.45, 7) is 0. The van der Waals surface area contributed by atoms with Gasteiger partial charge in [0.1, 0.15) is 11.3 Å². The number of nitrogens with one attached hydrogen (secondary N) is 1. The van der Waals surface area contributed by atoms with Gasteiger partial charge >= 0.3 is 11.4 Å². The number of hydrogen-bond donors (Lipinski definition) is 2. The second-order valence-electron chi connectivity index (χ2n) is 2.54. The maximum Gasteiger partial charge on any atom is 0.364 e. The molecule has 0 unspecified atom stereocenters. The number of H-pyrrole nitrogens is 1. The first kappa shape index (κ1) is 11.9. The van der Waals surface area contributed by atoms with Gasteiger partial charge in [-0.05, 0) is 17.7 Å². The fourth-order valence-corrected chi connectivity index (χ4v) is 1.34. The van der Waals surface area contributed by atoms with Crippen LogP contribution in [-0.4, -0.2) is 16.1 Å². The quantitative estimate of drug-likeness (QED) is 0.797. The summed E-state index contributed by atoms with van der Waals surface area (Å²) in [5.74, 6) is -1.57. The molecule has 0 aliphatic heterocycles. The third kappa shape index (κ3) is 2.45. The van der Waals surface area contributed by atoms with Crippen molar-refractivity contribution in [3.63, 3.8) is 0 Å². The van der Waals surface area contributed by atoms with Crippen molar-refractivity contribution < 1.29 is 18.7 Å². The van der Waals surface area contributed by atoms with Crippen molar-refractivity contribution in [1.82, 2.24) is 4.98 Å². The van der Waals surface area contributed by atoms with E-state index in [4.69, 9.17) is 16.7 Å². The molecule has 0 spiro atoms. The van der Waals surface area contributed by atoms with Gasteiger partial charge in [0.05, 0.1) is 5.02 Å². The Morgan fingerprint density at radius 3 is 2.47 bits per heavy atom. The molecule has 0 radical (unpaired) electrons. The molecule has 0 saturated heterocycles. The highest BCUT2D eigenvalue weighted by Crippen LogP contribution is 2.34. The minimum absolute atomic E-state index is 0.619. The molecule has 0 aliphatic carbocycles. The Hall–Kier alpha value is -1.14. The molecule has 0 amide bonds. The number of aromatic nitrogens is 1. The van der Waals surface area contributed by atoms with E-state index in [9.17, 15) is 18.4 Å². The molecule has 15 heavy (non-hydrogen) atoms. The van der Waals surface area contributed by atoms with Gasteiger partial charge < -0.3 is 10.1 Å². The predicted molar refractivity (Wildman–Crippen MR) is 48.8 cm³/mol. The smallest absolute Gasteiger partial charge is 0.364 e. The van der Waals surface area contributed by atoms with E-state index in [1.165, 1.54) is 0 Å². The highest BCUT2D eigenvalue weighted by molar-refractivity contribution is 6.33. The molecule has 0 atom stereocenters. The lowest BCUT2D eigenvalue weighted by Crippen LogP contribution is -2.22. The predicted octanol–water partition coefficient (Wildman–Crippen LogP) is 2.01. The maximum absolute atomic E-state index is 12.6. The molecule has 0 fully saturated rings. The number of carboxylic acid groups (broad SMARTS) is 1. The number of hydrogen-bond acceptors (Lipinski definition) is 2. The number of rotatable bonds is 2. The van der Waals surface area contributed by atoms with Gasteiger partial charge in [-0.3, -0.25) is 4.79 Å². The first-order valence-electron chi connectivity index (χ1n) is 3.47. The fraction of sp³-hybridized carbons (Fsp3) is 0.143. The number of carboxylic acids is 1. The Balaban J connectivity index is 3.46. The van der Waals surface area contributed by atoms with Crippen LogP contribution in [0.4, 0.5) is 8.78 Å². The van der Waals surface area contributed by atoms with Crippen LogP contribution in [0.5, 0.6) is 0 Å². The van der Waals surface area contributed by atoms with Crippen LogP contribution < -0.4 is 5.56 Å². The van der Waals surface area contributed by atoms with Crippen LogP contribution in [0, 0.1) is 0 Å². The van der Waals surface area contributed by atoms with Gasteiger partial charge in [0, 0.05) is 0 Å². The molecule has 0 bridgehead atoms. The number of halogens is 4. The van der Waals surface area contributed by atoms with Crippen LogP contribution >= 0.6 is 23.2 Å². The fourth-order valence-electron chi connectivity index (χ4n) is 0.870. The molecule has 0 aliphatic rings. The van der Waals surface area contributed by atoms with Gasteiger partial charge in [0.2, 0.25) is 0 Å². The Morgan fingerprint density at radius 2 is 2.07 bits per heavy atom. The van der Waals surface area contributed by atoms with Crippen molar-refractivity contribution in [3.8, 4) is 0 Å². The molecule has 4 nitrogen and oxygen atoms in total. The van der Waals surface area contributed by atoms with E-state index in [1.54, 1.807) is 4.98 Å². The van der Waals surface area contributed by atoms with Crippen LogP contribution in [0.3, 0.4) is 0 Å². The molecular formula is C7H3Cl2F2NO3. The highest BCUT2D eigenvalue weighted by Gasteiger charge is 2.33. The average Bonchev–Trinajstić information content (AvgIpc) is 2.06. The van der Waals surface area contributed by atoms with Gasteiger partial charge in [0.25, 0.3) is 5.56 Å². The van der Waals surface area contributed by atoms with Crippen molar-refractivity contribution in [1.29, 1.82) is 0 Å². The van der Waals surface area contributed by atoms with E-state index in [1.807, 2.05) is 0 Å². The van der Waals surface area contributed by atoms with Crippen LogP contribution in [-0.2, 0) is 5.38 Å². The van der Waals surface area contributed by atoms with E-state index < -0.39 is 33.2 Å². The molecule has 2 N–H and O–H groups in total. The zero-order valence-corrected chi connectivity index (χ0v) is 8.36. The van der Waals surface area contributed by atoms with Crippen molar-refractivity contribution in [2.45, 2.75) is 5.38 Å². The van der Waals surface area contributed by atoms with E-state index in [0.717, 1.165) is 0 Å². The largest absolute Gasteiger partial charge is 0.477 e. The SMILES string of the molecule is O=C(O)c1cc(Cl)c(C(F)(F)Cl)[nH]c1=O. The second kappa shape index (κ2) is 3.79. The summed E-state index contributed by atoms with van der Waals surface area (Å²) >= 11 is 9.96. The molecule has 1 aromatic heterocycles. The van der Waals surface area contributed by atoms with Crippen LogP contribution in [0.2, 0.25) is 5.02 Å². The standard InChI is InChI=1S/C7H3Cl2F2NO3/c8-3-1-2(6(14)15)5(13)12-4(3)7(9,10)11/h1H,(H,12,13)(H,14,15). The van der Waals surface area contributed by atoms with Gasteiger partial charge in [-0.1, -0.05) is 11.6 Å². The Kier molecular flexibility index (Phi) is 3.01. The van der Waals surface area contributed by atoms with Crippen molar-refractivity contribution >= 4 is 29.2 Å². The molecule has 0 aromatic carbocycles. The van der Waals surface area contributed by atoms with E-state index in [2.05, 4.69) is 11.6 Å². The first-order valence-corrected chi connectivity index (χ1v) is 4.22. The van der Waals surface area contributed by atoms with Crippen LogP contribution in [0.25, 0.3) is 0 Å². The topological polar surface area (TPSA) is 70.2 Å². The summed E-state index contributed by atoms with van der Waals surface area (Å²) in [4.78, 5) is 23.0. The Labute approximate surface area is 91.4 Å². The lowest BCUT2D eigenvalue weighted by Gasteiger charge is -2.09. The number of aromatic amines is 1. The zero-order valence-electron chi connectivity index (χ0n) is 6.85. The minimum atomic E-state index is -3.85. The first-order chi connectivity index (χ1) is 6.73. The van der Waals surface area contributed by atoms with E-state index in [-0.39, 0.29) is 0 Å². The molecule has 0 saturated carbocycles. The van der Waals surface area contributed by atoms with Gasteiger partial charge in [0.15, 0.2) is 0 Å². The summed E-state index contributed by atoms with van der Waals surface area (Å²) in [5, 5.41) is 4.01. The summed E-state index contributed by atoms with van der Waals surface area (Å²) in [7, 11) is 0. The molecule has 82 valence electrons. The van der Waals surface area contributed by atoms with Crippen molar-refractivity contribution in [3.05, 3.63) is 32.7 Å². The lowest BCUT2D eigenvalue weighted by molar-refractivity contribution is 0.0691. The maximum atomic E-state index is 12.6. The molecule has 1 heterocycles. The molecular weight excluding hydrogens is 255 g/mol. The normalized spacial score (nSPS) is 11.5. The van der Waals surface area contributed by atoms with Crippen LogP contribution in [0.15, 0.2) is 10.9 Å². The van der Waals surface area contributed by atoms with Crippen molar-refractivity contribution in [2.75, 3.05) is 0 Å². The number of alkyl halides is 3. The van der Waals surface area contributed by atoms with Crippen LogP contribution in [0.1, 0.15) is 16.1 Å². The zero-order chi connectivity index (χ0) is 11.8. The number of carbonyl (C=O) groups is 1. The molecule has 8 heteroatoms. The summed E-state index contributed by atoms with van der Waals surface area (Å²) in [5.41, 5.74) is -2.95. The Morgan fingerprint density at radius 1 is 1.53 bits per heavy atom. The summed E-state index contributed by atoms with van der Waals surface area (Å²) in [6.07, 6.45) is 0. The van der Waals surface area contributed by atoms with E-state index >= 15 is 0 Å². The van der Waals surface area contributed by atoms with Crippen molar-refractivity contribution in [2.24, 2.45) is 0 Å². The van der Waals surface area contributed by atoms with Gasteiger partial charge in [-0.2, -0.15) is 8.78 Å². The number of aromatic carboxylic acids is 1. The minimum Gasteiger partial charge on any atom is -0.477 e. The third-order valence-corrected chi connectivity index (χ3v) is 1.99. The average molecular weight is 258 g/mol. The number of pyridine rings is 1. The monoisotopic (exact) mass is 257 g/mol. The summed E-state index contributed by atoms with van der Waals surface area (Å²) < 4.78 is 25.2. The van der Waals surface area contributed by atoms with E-state index in [0.29, 0.717) is 6.07 Å². The molecule has 1 rings (SSSR count). The highest BCUT2D eigenvalue weighted by atomic mass is 35.5. The summed E-state index contributed by atoms with van der Waals surface area (Å²) in [6, 6.07) is 0.619. The second-order valence-corrected chi connectivity index (χ2v) is 3.42. The van der Waals surface area contributed by atoms with Gasteiger partial charge in [-0.25, -0.2) is 4.79 Å². The third-order valence-electron chi connectivity index (χ3n) is 1.51. The lowest BCUT2D eigenvalue weighted by atomic mass is 10.2. The Bertz CT molecular complexity index is 466.